The summed E-state index contributed by atoms with van der Waals surface area (Å²) in [6.07, 6.45) is 2.73. The molecule has 0 saturated heterocycles. The predicted molar refractivity (Wildman–Crippen MR) is 86.9 cm³/mol. The molecular formula is C16H23N5. The Balaban J connectivity index is 2.13. The molecule has 0 bridgehead atoms. The molecule has 112 valence electrons. The first kappa shape index (κ1) is 15.2. The van der Waals surface area contributed by atoms with Crippen LogP contribution in [-0.4, -0.2) is 35.1 Å². The molecule has 0 fully saturated rings. The summed E-state index contributed by atoms with van der Waals surface area (Å²) < 4.78 is 0. The van der Waals surface area contributed by atoms with Crippen LogP contribution >= 0.6 is 0 Å². The lowest BCUT2D eigenvalue weighted by Crippen LogP contribution is -2.24. The van der Waals surface area contributed by atoms with Crippen molar-refractivity contribution in [3.8, 4) is 0 Å². The molecule has 2 heterocycles. The Bertz CT molecular complexity index is 583. The van der Waals surface area contributed by atoms with E-state index < -0.39 is 0 Å². The molecular weight excluding hydrogens is 262 g/mol. The molecule has 0 aliphatic rings. The minimum absolute atomic E-state index is 0.788. The third-order valence-corrected chi connectivity index (χ3v) is 3.37. The second-order valence-corrected chi connectivity index (χ2v) is 5.09. The van der Waals surface area contributed by atoms with Crippen LogP contribution in [0.15, 0.2) is 24.4 Å². The largest absolute Gasteiger partial charge is 0.370 e. The van der Waals surface area contributed by atoms with Crippen LogP contribution in [0.2, 0.25) is 0 Å². The fraction of sp³-hybridized carbons (Fsp3) is 0.438. The van der Waals surface area contributed by atoms with Gasteiger partial charge in [0.25, 0.3) is 0 Å². The molecule has 0 radical (unpaired) electrons. The van der Waals surface area contributed by atoms with Gasteiger partial charge in [-0.25, -0.2) is 9.97 Å². The van der Waals surface area contributed by atoms with Gasteiger partial charge in [-0.2, -0.15) is 0 Å². The van der Waals surface area contributed by atoms with Gasteiger partial charge < -0.3 is 10.2 Å². The van der Waals surface area contributed by atoms with Crippen molar-refractivity contribution in [2.24, 2.45) is 0 Å². The quantitative estimate of drug-likeness (QED) is 0.884. The van der Waals surface area contributed by atoms with Crippen LogP contribution in [0, 0.1) is 13.8 Å². The molecule has 0 aliphatic carbocycles. The van der Waals surface area contributed by atoms with E-state index in [1.807, 2.05) is 25.3 Å². The van der Waals surface area contributed by atoms with Crippen molar-refractivity contribution >= 4 is 11.6 Å². The number of aromatic nitrogens is 3. The maximum Gasteiger partial charge on any atom is 0.137 e. The molecule has 0 aromatic carbocycles. The molecule has 0 aliphatic heterocycles. The number of likely N-dealkylation sites (N-methyl/N-ethyl adjacent to an activating group) is 1. The molecule has 21 heavy (non-hydrogen) atoms. The minimum Gasteiger partial charge on any atom is -0.370 e. The summed E-state index contributed by atoms with van der Waals surface area (Å²) in [5, 5.41) is 3.30. The standard InChI is InChI=1S/C16H23N5/c1-5-17-15-12(2)16(20-13(3)19-15)21(4)11-9-14-8-6-7-10-18-14/h6-8,10H,5,9,11H2,1-4H3,(H,17,19,20). The van der Waals surface area contributed by atoms with E-state index in [-0.39, 0.29) is 0 Å². The van der Waals surface area contributed by atoms with Crippen molar-refractivity contribution in [1.29, 1.82) is 0 Å². The van der Waals surface area contributed by atoms with Crippen molar-refractivity contribution in [3.05, 3.63) is 41.5 Å². The molecule has 0 unspecified atom stereocenters. The lowest BCUT2D eigenvalue weighted by Gasteiger charge is -2.22. The SMILES string of the molecule is CCNc1nc(C)nc(N(C)CCc2ccccn2)c1C. The van der Waals surface area contributed by atoms with Crippen molar-refractivity contribution in [3.63, 3.8) is 0 Å². The van der Waals surface area contributed by atoms with Crippen molar-refractivity contribution in [1.82, 2.24) is 15.0 Å². The van der Waals surface area contributed by atoms with E-state index in [1.165, 1.54) is 0 Å². The molecule has 5 nitrogen and oxygen atoms in total. The molecule has 5 heteroatoms. The van der Waals surface area contributed by atoms with E-state index in [9.17, 15) is 0 Å². The molecule has 1 N–H and O–H groups in total. The Morgan fingerprint density at radius 1 is 1.19 bits per heavy atom. The second-order valence-electron chi connectivity index (χ2n) is 5.09. The fourth-order valence-corrected chi connectivity index (χ4v) is 2.26. The van der Waals surface area contributed by atoms with Crippen molar-refractivity contribution < 1.29 is 0 Å². The van der Waals surface area contributed by atoms with E-state index in [0.717, 1.165) is 48.2 Å². The van der Waals surface area contributed by atoms with Gasteiger partial charge >= 0.3 is 0 Å². The molecule has 0 spiro atoms. The number of nitrogens with one attached hydrogen (secondary N) is 1. The van der Waals surface area contributed by atoms with Crippen LogP contribution in [0.4, 0.5) is 11.6 Å². The zero-order valence-corrected chi connectivity index (χ0v) is 13.2. The van der Waals surface area contributed by atoms with Crippen LogP contribution in [0.3, 0.4) is 0 Å². The van der Waals surface area contributed by atoms with E-state index in [2.05, 4.69) is 52.1 Å². The van der Waals surface area contributed by atoms with Crippen LogP contribution in [0.1, 0.15) is 24.0 Å². The normalized spacial score (nSPS) is 10.5. The average Bonchev–Trinajstić information content (AvgIpc) is 2.49. The van der Waals surface area contributed by atoms with Gasteiger partial charge in [-0.1, -0.05) is 6.07 Å². The predicted octanol–water partition coefficient (Wildman–Crippen LogP) is 2.60. The summed E-state index contributed by atoms with van der Waals surface area (Å²) in [5.74, 6) is 2.69. The zero-order chi connectivity index (χ0) is 15.2. The van der Waals surface area contributed by atoms with Gasteiger partial charge in [0.15, 0.2) is 0 Å². The number of pyridine rings is 1. The van der Waals surface area contributed by atoms with Crippen molar-refractivity contribution in [2.45, 2.75) is 27.2 Å². The summed E-state index contributed by atoms with van der Waals surface area (Å²) in [6.45, 7) is 7.79. The number of rotatable bonds is 6. The smallest absolute Gasteiger partial charge is 0.137 e. The molecule has 2 rings (SSSR count). The zero-order valence-electron chi connectivity index (χ0n) is 13.2. The highest BCUT2D eigenvalue weighted by Gasteiger charge is 2.12. The van der Waals surface area contributed by atoms with Gasteiger partial charge in [0, 0.05) is 44.0 Å². The number of hydrogen-bond donors (Lipinski definition) is 1. The Hall–Kier alpha value is -2.17. The number of aryl methyl sites for hydroxylation is 1. The Labute approximate surface area is 126 Å². The highest BCUT2D eigenvalue weighted by molar-refractivity contribution is 5.58. The number of hydrogen-bond acceptors (Lipinski definition) is 5. The lowest BCUT2D eigenvalue weighted by atomic mass is 10.2. The monoisotopic (exact) mass is 285 g/mol. The van der Waals surface area contributed by atoms with E-state index >= 15 is 0 Å². The topological polar surface area (TPSA) is 53.9 Å². The molecule has 2 aromatic rings. The summed E-state index contributed by atoms with van der Waals surface area (Å²) >= 11 is 0. The molecule has 0 amide bonds. The molecule has 0 atom stereocenters. The van der Waals surface area contributed by atoms with Gasteiger partial charge in [0.2, 0.25) is 0 Å². The van der Waals surface area contributed by atoms with Crippen LogP contribution in [0.5, 0.6) is 0 Å². The van der Waals surface area contributed by atoms with Crippen LogP contribution in [0.25, 0.3) is 0 Å². The Morgan fingerprint density at radius 3 is 2.67 bits per heavy atom. The highest BCUT2D eigenvalue weighted by Crippen LogP contribution is 2.22. The first-order valence-electron chi connectivity index (χ1n) is 7.32. The van der Waals surface area contributed by atoms with Crippen molar-refractivity contribution in [2.75, 3.05) is 30.4 Å². The first-order chi connectivity index (χ1) is 10.1. The van der Waals surface area contributed by atoms with E-state index in [0.29, 0.717) is 0 Å². The molecule has 0 saturated carbocycles. The van der Waals surface area contributed by atoms with Gasteiger partial charge in [-0.3, -0.25) is 4.98 Å². The summed E-state index contributed by atoms with van der Waals surface area (Å²) in [7, 11) is 2.06. The average molecular weight is 285 g/mol. The third-order valence-electron chi connectivity index (χ3n) is 3.37. The molecule has 2 aromatic heterocycles. The minimum atomic E-state index is 0.788. The first-order valence-corrected chi connectivity index (χ1v) is 7.32. The van der Waals surface area contributed by atoms with E-state index in [1.54, 1.807) is 0 Å². The van der Waals surface area contributed by atoms with Crippen LogP contribution < -0.4 is 10.2 Å². The summed E-state index contributed by atoms with van der Waals surface area (Å²) in [6, 6.07) is 6.01. The number of nitrogens with zero attached hydrogens (tertiary/aromatic N) is 4. The summed E-state index contributed by atoms with van der Waals surface area (Å²) in [5.41, 5.74) is 2.19. The summed E-state index contributed by atoms with van der Waals surface area (Å²) in [4.78, 5) is 15.6. The highest BCUT2D eigenvalue weighted by atomic mass is 15.2. The van der Waals surface area contributed by atoms with Crippen LogP contribution in [-0.2, 0) is 6.42 Å². The van der Waals surface area contributed by atoms with E-state index in [4.69, 9.17) is 0 Å². The number of anilines is 2. The third kappa shape index (κ3) is 3.90. The van der Waals surface area contributed by atoms with Gasteiger partial charge in [0.05, 0.1) is 0 Å². The second kappa shape index (κ2) is 7.02. The van der Waals surface area contributed by atoms with Gasteiger partial charge in [-0.05, 0) is 32.9 Å². The maximum absolute atomic E-state index is 4.58. The Kier molecular flexibility index (Phi) is 5.09. The Morgan fingerprint density at radius 2 is 2.00 bits per heavy atom. The van der Waals surface area contributed by atoms with Gasteiger partial charge in [-0.15, -0.1) is 0 Å². The lowest BCUT2D eigenvalue weighted by molar-refractivity contribution is 0.825. The fourth-order valence-electron chi connectivity index (χ4n) is 2.26. The van der Waals surface area contributed by atoms with Gasteiger partial charge in [0.1, 0.15) is 17.5 Å². The maximum atomic E-state index is 4.58.